The second-order valence-corrected chi connectivity index (χ2v) is 8.06. The fraction of sp³-hybridized carbons (Fsp3) is 0.455. The van der Waals surface area contributed by atoms with Crippen molar-refractivity contribution in [3.8, 4) is 5.75 Å². The fourth-order valence-corrected chi connectivity index (χ4v) is 2.68. The Bertz CT molecular complexity index is 641. The third kappa shape index (κ3) is 8.50. The molecular weight excluding hydrogens is 318 g/mol. The standard InChI is InChI=1S/C11H19N3O5S2/c1-20(15,16)13-6-7-14-21(17,18)9-8-19-11-4-2-10(12)3-5-11/h2-5,13-14H,6-9,12H2,1H3. The SMILES string of the molecule is CS(=O)(=O)NCCNS(=O)(=O)CCOc1ccc(N)cc1. The molecule has 0 aromatic heterocycles. The maximum Gasteiger partial charge on any atom is 0.214 e. The average molecular weight is 337 g/mol. The Labute approximate surface area is 124 Å². The predicted molar refractivity (Wildman–Crippen MR) is 81.0 cm³/mol. The number of nitrogen functional groups attached to an aromatic ring is 1. The van der Waals surface area contributed by atoms with Crippen molar-refractivity contribution in [3.05, 3.63) is 24.3 Å². The summed E-state index contributed by atoms with van der Waals surface area (Å²) in [6.45, 7) is -0.0348. The monoisotopic (exact) mass is 337 g/mol. The fourth-order valence-electron chi connectivity index (χ4n) is 1.35. The van der Waals surface area contributed by atoms with Gasteiger partial charge in [-0.15, -0.1) is 0 Å². The largest absolute Gasteiger partial charge is 0.492 e. The molecule has 4 N–H and O–H groups in total. The Morgan fingerprint density at radius 3 is 2.19 bits per heavy atom. The molecule has 0 unspecified atom stereocenters. The van der Waals surface area contributed by atoms with E-state index < -0.39 is 20.0 Å². The first-order valence-corrected chi connectivity index (χ1v) is 9.63. The lowest BCUT2D eigenvalue weighted by Crippen LogP contribution is -2.36. The predicted octanol–water partition coefficient (Wildman–Crippen LogP) is -0.884. The molecule has 0 bridgehead atoms. The first-order valence-electron chi connectivity index (χ1n) is 6.08. The summed E-state index contributed by atoms with van der Waals surface area (Å²) in [4.78, 5) is 0. The smallest absolute Gasteiger partial charge is 0.214 e. The van der Waals surface area contributed by atoms with E-state index in [0.29, 0.717) is 11.4 Å². The number of hydrogen-bond acceptors (Lipinski definition) is 6. The van der Waals surface area contributed by atoms with Crippen molar-refractivity contribution in [2.24, 2.45) is 0 Å². The van der Waals surface area contributed by atoms with Crippen molar-refractivity contribution in [1.29, 1.82) is 0 Å². The topological polar surface area (TPSA) is 128 Å². The van der Waals surface area contributed by atoms with Crippen molar-refractivity contribution >= 4 is 25.7 Å². The summed E-state index contributed by atoms with van der Waals surface area (Å²) < 4.78 is 54.5. The molecule has 0 amide bonds. The van der Waals surface area contributed by atoms with Gasteiger partial charge in [-0.1, -0.05) is 0 Å². The number of ether oxygens (including phenoxy) is 1. The molecule has 0 aliphatic rings. The molecule has 0 aliphatic heterocycles. The molecule has 0 fully saturated rings. The van der Waals surface area contributed by atoms with Crippen LogP contribution in [-0.2, 0) is 20.0 Å². The number of nitrogens with one attached hydrogen (secondary N) is 2. The van der Waals surface area contributed by atoms with Gasteiger partial charge < -0.3 is 10.5 Å². The molecule has 0 saturated heterocycles. The van der Waals surface area contributed by atoms with Crippen LogP contribution in [0.3, 0.4) is 0 Å². The summed E-state index contributed by atoms with van der Waals surface area (Å²) >= 11 is 0. The number of sulfonamides is 2. The van der Waals surface area contributed by atoms with Crippen LogP contribution < -0.4 is 19.9 Å². The summed E-state index contributed by atoms with van der Waals surface area (Å²) in [6, 6.07) is 6.59. The molecule has 1 aromatic carbocycles. The van der Waals surface area contributed by atoms with Gasteiger partial charge in [-0.3, -0.25) is 0 Å². The molecule has 21 heavy (non-hydrogen) atoms. The molecule has 1 aromatic rings. The van der Waals surface area contributed by atoms with E-state index in [-0.39, 0.29) is 25.4 Å². The van der Waals surface area contributed by atoms with Crippen molar-refractivity contribution in [2.75, 3.05) is 37.4 Å². The minimum absolute atomic E-state index is 0.00309. The highest BCUT2D eigenvalue weighted by Crippen LogP contribution is 2.12. The van der Waals surface area contributed by atoms with Crippen LogP contribution in [0.5, 0.6) is 5.75 Å². The molecule has 0 aliphatic carbocycles. The van der Waals surface area contributed by atoms with Crippen LogP contribution in [0.1, 0.15) is 0 Å². The highest BCUT2D eigenvalue weighted by Gasteiger charge is 2.10. The van der Waals surface area contributed by atoms with E-state index in [1.807, 2.05) is 0 Å². The number of hydrogen-bond donors (Lipinski definition) is 3. The number of nitrogens with two attached hydrogens (primary N) is 1. The van der Waals surface area contributed by atoms with Crippen LogP contribution >= 0.6 is 0 Å². The molecule has 0 spiro atoms. The molecule has 0 heterocycles. The van der Waals surface area contributed by atoms with Crippen molar-refractivity contribution in [1.82, 2.24) is 9.44 Å². The van der Waals surface area contributed by atoms with E-state index in [2.05, 4.69) is 9.44 Å². The lowest BCUT2D eigenvalue weighted by molar-refractivity contribution is 0.340. The van der Waals surface area contributed by atoms with Crippen LogP contribution in [0, 0.1) is 0 Å². The first-order chi connectivity index (χ1) is 9.68. The second kappa shape index (κ2) is 7.59. The van der Waals surface area contributed by atoms with Crippen LogP contribution in [0.15, 0.2) is 24.3 Å². The van der Waals surface area contributed by atoms with Gasteiger partial charge in [0.2, 0.25) is 20.0 Å². The van der Waals surface area contributed by atoms with Crippen molar-refractivity contribution in [3.63, 3.8) is 0 Å². The number of anilines is 1. The maximum absolute atomic E-state index is 11.6. The van der Waals surface area contributed by atoms with Crippen LogP contribution in [0.25, 0.3) is 0 Å². The van der Waals surface area contributed by atoms with Gasteiger partial charge in [0, 0.05) is 18.8 Å². The average Bonchev–Trinajstić information content (AvgIpc) is 2.36. The van der Waals surface area contributed by atoms with Gasteiger partial charge in [0.05, 0.1) is 12.0 Å². The molecule has 0 radical (unpaired) electrons. The molecule has 120 valence electrons. The molecule has 0 saturated carbocycles. The zero-order valence-electron chi connectivity index (χ0n) is 11.6. The Hall–Kier alpha value is -1.36. The molecular formula is C11H19N3O5S2. The summed E-state index contributed by atoms with van der Waals surface area (Å²) in [7, 11) is -6.83. The van der Waals surface area contributed by atoms with Gasteiger partial charge in [-0.25, -0.2) is 26.3 Å². The zero-order valence-corrected chi connectivity index (χ0v) is 13.2. The van der Waals surface area contributed by atoms with Crippen LogP contribution in [0.2, 0.25) is 0 Å². The Kier molecular flexibility index (Phi) is 6.40. The van der Waals surface area contributed by atoms with Gasteiger partial charge in [0.1, 0.15) is 12.4 Å². The minimum atomic E-state index is -3.51. The summed E-state index contributed by atoms with van der Waals surface area (Å²) in [5.41, 5.74) is 6.11. The molecule has 0 atom stereocenters. The van der Waals surface area contributed by atoms with E-state index >= 15 is 0 Å². The van der Waals surface area contributed by atoms with E-state index in [9.17, 15) is 16.8 Å². The van der Waals surface area contributed by atoms with Crippen LogP contribution in [-0.4, -0.2) is 48.5 Å². The summed E-state index contributed by atoms with van der Waals surface area (Å²) in [5.74, 6) is 0.300. The van der Waals surface area contributed by atoms with E-state index in [0.717, 1.165) is 6.26 Å². The lowest BCUT2D eigenvalue weighted by Gasteiger charge is -2.09. The maximum atomic E-state index is 11.6. The highest BCUT2D eigenvalue weighted by atomic mass is 32.2. The zero-order chi connectivity index (χ0) is 15.9. The van der Waals surface area contributed by atoms with Gasteiger partial charge >= 0.3 is 0 Å². The summed E-state index contributed by atoms with van der Waals surface area (Å²) in [6.07, 6.45) is 1.00. The van der Waals surface area contributed by atoms with Crippen molar-refractivity contribution in [2.45, 2.75) is 0 Å². The summed E-state index contributed by atoms with van der Waals surface area (Å²) in [5, 5.41) is 0. The lowest BCUT2D eigenvalue weighted by atomic mass is 10.3. The van der Waals surface area contributed by atoms with E-state index in [1.54, 1.807) is 24.3 Å². The van der Waals surface area contributed by atoms with E-state index in [1.165, 1.54) is 0 Å². The minimum Gasteiger partial charge on any atom is -0.492 e. The normalized spacial score (nSPS) is 12.2. The quantitative estimate of drug-likeness (QED) is 0.396. The third-order valence-corrected chi connectivity index (χ3v) is 4.39. The number of benzene rings is 1. The van der Waals surface area contributed by atoms with Crippen LogP contribution in [0.4, 0.5) is 5.69 Å². The third-order valence-electron chi connectivity index (χ3n) is 2.31. The first kappa shape index (κ1) is 17.7. The van der Waals surface area contributed by atoms with Crippen molar-refractivity contribution < 1.29 is 21.6 Å². The Balaban J connectivity index is 2.28. The second-order valence-electron chi connectivity index (χ2n) is 4.30. The van der Waals surface area contributed by atoms with Gasteiger partial charge in [0.25, 0.3) is 0 Å². The molecule has 10 heteroatoms. The van der Waals surface area contributed by atoms with E-state index in [4.69, 9.17) is 10.5 Å². The van der Waals surface area contributed by atoms with Gasteiger partial charge in [-0.2, -0.15) is 0 Å². The van der Waals surface area contributed by atoms with Gasteiger partial charge in [0.15, 0.2) is 0 Å². The Morgan fingerprint density at radius 2 is 1.62 bits per heavy atom. The highest BCUT2D eigenvalue weighted by molar-refractivity contribution is 7.89. The molecule has 8 nitrogen and oxygen atoms in total. The van der Waals surface area contributed by atoms with Gasteiger partial charge in [-0.05, 0) is 24.3 Å². The molecule has 1 rings (SSSR count). The Morgan fingerprint density at radius 1 is 1.05 bits per heavy atom. The number of rotatable bonds is 9.